The van der Waals surface area contributed by atoms with Gasteiger partial charge in [0, 0.05) is 0 Å². The highest BCUT2D eigenvalue weighted by molar-refractivity contribution is 6.14. The van der Waals surface area contributed by atoms with Gasteiger partial charge in [-0.3, -0.25) is 9.59 Å². The molecule has 0 radical (unpaired) electrons. The lowest BCUT2D eigenvalue weighted by Gasteiger charge is -2.21. The Morgan fingerprint density at radius 1 is 0.875 bits per heavy atom. The molecule has 3 nitrogen and oxygen atoms in total. The first-order valence-corrected chi connectivity index (χ1v) is 5.59. The summed E-state index contributed by atoms with van der Waals surface area (Å²) in [5, 5.41) is 0. The topological polar surface area (TPSA) is 43.4 Å². The normalized spacial score (nSPS) is 13.5. The van der Waals surface area contributed by atoms with Crippen molar-refractivity contribution >= 4 is 11.9 Å². The molecule has 3 heteroatoms. The van der Waals surface area contributed by atoms with E-state index in [1.807, 2.05) is 33.8 Å². The molecule has 1 aromatic rings. The molecule has 0 atom stereocenters. The SMILES string of the molecule is CC.CC.O=C1OC(=O)C1c1ccccc1. The van der Waals surface area contributed by atoms with Gasteiger partial charge in [-0.25, -0.2) is 0 Å². The number of esters is 2. The molecule has 0 amide bonds. The number of cyclic esters (lactones) is 2. The molecule has 0 aliphatic carbocycles. The summed E-state index contributed by atoms with van der Waals surface area (Å²) in [4.78, 5) is 21.6. The van der Waals surface area contributed by atoms with E-state index in [0.29, 0.717) is 5.56 Å². The molecule has 1 aliphatic heterocycles. The Kier molecular flexibility index (Phi) is 6.84. The van der Waals surface area contributed by atoms with E-state index in [0.717, 1.165) is 0 Å². The maximum Gasteiger partial charge on any atom is 0.332 e. The minimum atomic E-state index is -0.675. The van der Waals surface area contributed by atoms with Crippen LogP contribution in [0.15, 0.2) is 30.3 Å². The number of rotatable bonds is 1. The van der Waals surface area contributed by atoms with Gasteiger partial charge in [0.1, 0.15) is 0 Å². The Bertz CT molecular complexity index is 316. The number of hydrogen-bond acceptors (Lipinski definition) is 3. The molecule has 1 fully saturated rings. The van der Waals surface area contributed by atoms with Crippen molar-refractivity contribution in [3.63, 3.8) is 0 Å². The molecular formula is C13H18O3. The fourth-order valence-electron chi connectivity index (χ4n) is 1.17. The molecule has 2 rings (SSSR count). The van der Waals surface area contributed by atoms with Crippen LogP contribution in [0, 0.1) is 0 Å². The standard InChI is InChI=1S/C9H6O3.2C2H6/c10-8-7(9(11)12-8)6-4-2-1-3-5-6;2*1-2/h1-5,7H;2*1-2H3. The van der Waals surface area contributed by atoms with E-state index in [4.69, 9.17) is 0 Å². The summed E-state index contributed by atoms with van der Waals surface area (Å²) >= 11 is 0. The number of hydrogen-bond donors (Lipinski definition) is 0. The Labute approximate surface area is 96.4 Å². The maximum atomic E-state index is 10.8. The molecular weight excluding hydrogens is 204 g/mol. The highest BCUT2D eigenvalue weighted by Gasteiger charge is 2.42. The summed E-state index contributed by atoms with van der Waals surface area (Å²) in [6, 6.07) is 8.88. The van der Waals surface area contributed by atoms with E-state index in [1.165, 1.54) is 0 Å². The second-order valence-corrected chi connectivity index (χ2v) is 2.58. The first-order valence-electron chi connectivity index (χ1n) is 5.59. The second kappa shape index (κ2) is 7.63. The van der Waals surface area contributed by atoms with Crippen molar-refractivity contribution in [2.75, 3.05) is 0 Å². The highest BCUT2D eigenvalue weighted by atomic mass is 16.6. The van der Waals surface area contributed by atoms with Crippen molar-refractivity contribution in [2.45, 2.75) is 33.6 Å². The minimum Gasteiger partial charge on any atom is -0.391 e. The number of ether oxygens (including phenoxy) is 1. The zero-order valence-electron chi connectivity index (χ0n) is 10.2. The van der Waals surface area contributed by atoms with Crippen LogP contribution in [0.5, 0.6) is 0 Å². The monoisotopic (exact) mass is 222 g/mol. The Balaban J connectivity index is 0.000000509. The van der Waals surface area contributed by atoms with E-state index in [-0.39, 0.29) is 0 Å². The van der Waals surface area contributed by atoms with Gasteiger partial charge in [0.2, 0.25) is 0 Å². The van der Waals surface area contributed by atoms with Gasteiger partial charge >= 0.3 is 11.9 Å². The largest absolute Gasteiger partial charge is 0.391 e. The fourth-order valence-corrected chi connectivity index (χ4v) is 1.17. The quantitative estimate of drug-likeness (QED) is 0.542. The van der Waals surface area contributed by atoms with Crippen LogP contribution < -0.4 is 0 Å². The Morgan fingerprint density at radius 2 is 1.31 bits per heavy atom. The maximum absolute atomic E-state index is 10.8. The smallest absolute Gasteiger partial charge is 0.332 e. The molecule has 1 saturated heterocycles. The van der Waals surface area contributed by atoms with Gasteiger partial charge in [0.15, 0.2) is 5.92 Å². The van der Waals surface area contributed by atoms with E-state index in [9.17, 15) is 9.59 Å². The van der Waals surface area contributed by atoms with Crippen molar-refractivity contribution < 1.29 is 14.3 Å². The predicted molar refractivity (Wildman–Crippen MR) is 63.0 cm³/mol. The van der Waals surface area contributed by atoms with Crippen LogP contribution in [0.2, 0.25) is 0 Å². The summed E-state index contributed by atoms with van der Waals surface area (Å²) < 4.78 is 4.23. The number of carbonyl (C=O) groups is 2. The third-order valence-corrected chi connectivity index (χ3v) is 1.81. The van der Waals surface area contributed by atoms with Crippen molar-refractivity contribution in [1.82, 2.24) is 0 Å². The molecule has 0 bridgehead atoms. The zero-order chi connectivity index (χ0) is 12.6. The number of carbonyl (C=O) groups excluding carboxylic acids is 2. The van der Waals surface area contributed by atoms with Gasteiger partial charge < -0.3 is 4.74 Å². The Hall–Kier alpha value is -1.64. The van der Waals surface area contributed by atoms with Gasteiger partial charge in [-0.15, -0.1) is 0 Å². The lowest BCUT2D eigenvalue weighted by atomic mass is 9.96. The van der Waals surface area contributed by atoms with Gasteiger partial charge in [0.25, 0.3) is 0 Å². The van der Waals surface area contributed by atoms with Crippen molar-refractivity contribution in [3.05, 3.63) is 35.9 Å². The fraction of sp³-hybridized carbons (Fsp3) is 0.385. The van der Waals surface area contributed by atoms with Crippen LogP contribution in [-0.2, 0) is 14.3 Å². The van der Waals surface area contributed by atoms with Crippen LogP contribution in [0.25, 0.3) is 0 Å². The van der Waals surface area contributed by atoms with Crippen molar-refractivity contribution in [2.24, 2.45) is 0 Å². The summed E-state index contributed by atoms with van der Waals surface area (Å²) in [5.74, 6) is -1.58. The molecule has 1 aromatic carbocycles. The lowest BCUT2D eigenvalue weighted by molar-refractivity contribution is -0.178. The van der Waals surface area contributed by atoms with Crippen LogP contribution in [0.4, 0.5) is 0 Å². The van der Waals surface area contributed by atoms with Gasteiger partial charge in [0.05, 0.1) is 0 Å². The predicted octanol–water partition coefficient (Wildman–Crippen LogP) is 2.91. The highest BCUT2D eigenvalue weighted by Crippen LogP contribution is 2.26. The van der Waals surface area contributed by atoms with Crippen molar-refractivity contribution in [1.29, 1.82) is 0 Å². The molecule has 16 heavy (non-hydrogen) atoms. The second-order valence-electron chi connectivity index (χ2n) is 2.58. The summed E-state index contributed by atoms with van der Waals surface area (Å²) in [7, 11) is 0. The van der Waals surface area contributed by atoms with E-state index < -0.39 is 17.9 Å². The van der Waals surface area contributed by atoms with E-state index in [1.54, 1.807) is 24.3 Å². The first kappa shape index (κ1) is 14.4. The van der Waals surface area contributed by atoms with Crippen molar-refractivity contribution in [3.8, 4) is 0 Å². The molecule has 88 valence electrons. The molecule has 0 spiro atoms. The van der Waals surface area contributed by atoms with Crippen LogP contribution in [-0.4, -0.2) is 11.9 Å². The third kappa shape index (κ3) is 3.19. The lowest BCUT2D eigenvalue weighted by Crippen LogP contribution is -2.38. The van der Waals surface area contributed by atoms with E-state index >= 15 is 0 Å². The first-order chi connectivity index (χ1) is 7.79. The third-order valence-electron chi connectivity index (χ3n) is 1.81. The number of benzene rings is 1. The molecule has 0 aromatic heterocycles. The molecule has 0 saturated carbocycles. The summed E-state index contributed by atoms with van der Waals surface area (Å²) in [6.45, 7) is 8.00. The zero-order valence-corrected chi connectivity index (χ0v) is 10.2. The van der Waals surface area contributed by atoms with Gasteiger partial charge in [-0.2, -0.15) is 0 Å². The molecule has 0 N–H and O–H groups in total. The average Bonchev–Trinajstić information content (AvgIpc) is 2.35. The van der Waals surface area contributed by atoms with Gasteiger partial charge in [-0.05, 0) is 5.56 Å². The van der Waals surface area contributed by atoms with E-state index in [2.05, 4.69) is 4.74 Å². The molecule has 1 aliphatic rings. The molecule has 1 heterocycles. The van der Waals surface area contributed by atoms with Crippen LogP contribution >= 0.6 is 0 Å². The van der Waals surface area contributed by atoms with Crippen LogP contribution in [0.1, 0.15) is 39.2 Å². The average molecular weight is 222 g/mol. The Morgan fingerprint density at radius 3 is 1.69 bits per heavy atom. The molecule has 0 unspecified atom stereocenters. The summed E-state index contributed by atoms with van der Waals surface area (Å²) in [5.41, 5.74) is 0.707. The van der Waals surface area contributed by atoms with Gasteiger partial charge in [-0.1, -0.05) is 58.0 Å². The van der Waals surface area contributed by atoms with Crippen LogP contribution in [0.3, 0.4) is 0 Å². The minimum absolute atomic E-state index is 0.453. The summed E-state index contributed by atoms with van der Waals surface area (Å²) in [6.07, 6.45) is 0.